The van der Waals surface area contributed by atoms with Crippen molar-refractivity contribution >= 4 is 28.5 Å². The molecule has 1 aromatic heterocycles. The van der Waals surface area contributed by atoms with Gasteiger partial charge in [-0.1, -0.05) is 12.1 Å². The molecule has 1 atom stereocenters. The zero-order valence-electron chi connectivity index (χ0n) is 10.5. The molecule has 0 aliphatic heterocycles. The number of hydrogen-bond acceptors (Lipinski definition) is 5. The van der Waals surface area contributed by atoms with Crippen molar-refractivity contribution in [1.29, 1.82) is 0 Å². The van der Waals surface area contributed by atoms with E-state index in [1.807, 2.05) is 31.2 Å². The summed E-state index contributed by atoms with van der Waals surface area (Å²) in [6.45, 7) is 2.02. The second-order valence-corrected chi connectivity index (χ2v) is 5.47. The van der Waals surface area contributed by atoms with Crippen LogP contribution in [0.3, 0.4) is 0 Å². The zero-order chi connectivity index (χ0) is 13.0. The van der Waals surface area contributed by atoms with Crippen molar-refractivity contribution in [2.24, 2.45) is 5.73 Å². The molecule has 96 valence electrons. The van der Waals surface area contributed by atoms with Gasteiger partial charge in [-0.2, -0.15) is 11.8 Å². The van der Waals surface area contributed by atoms with E-state index in [-0.39, 0.29) is 6.04 Å². The molecule has 1 unspecified atom stereocenters. The van der Waals surface area contributed by atoms with Crippen LogP contribution in [0.25, 0.3) is 10.9 Å². The number of fused-ring (bicyclic) bond motifs is 1. The molecule has 0 saturated carbocycles. The van der Waals surface area contributed by atoms with Crippen LogP contribution in [-0.2, 0) is 5.75 Å². The molecule has 0 fully saturated rings. The lowest BCUT2D eigenvalue weighted by Crippen LogP contribution is -2.15. The van der Waals surface area contributed by atoms with Crippen LogP contribution in [-0.4, -0.2) is 21.8 Å². The Hall–Kier alpha value is -1.33. The largest absolute Gasteiger partial charge is 0.383 e. The molecule has 1 aromatic carbocycles. The highest BCUT2D eigenvalue weighted by molar-refractivity contribution is 7.98. The molecule has 2 rings (SSSR count). The summed E-state index contributed by atoms with van der Waals surface area (Å²) in [5, 5.41) is 0.918. The minimum absolute atomic E-state index is 0.250. The number of benzene rings is 1. The lowest BCUT2D eigenvalue weighted by molar-refractivity contribution is 0.721. The van der Waals surface area contributed by atoms with Gasteiger partial charge in [0.2, 0.25) is 0 Å². The van der Waals surface area contributed by atoms with Gasteiger partial charge in [-0.25, -0.2) is 9.97 Å². The highest BCUT2D eigenvalue weighted by Gasteiger charge is 2.04. The molecular weight excluding hydrogens is 244 g/mol. The first-order chi connectivity index (χ1) is 8.66. The van der Waals surface area contributed by atoms with E-state index in [4.69, 9.17) is 11.5 Å². The van der Waals surface area contributed by atoms with E-state index in [1.165, 1.54) is 0 Å². The Balaban J connectivity index is 2.05. The van der Waals surface area contributed by atoms with Gasteiger partial charge in [0.05, 0.1) is 11.3 Å². The van der Waals surface area contributed by atoms with E-state index in [0.717, 1.165) is 34.7 Å². The summed E-state index contributed by atoms with van der Waals surface area (Å²) in [5.41, 5.74) is 12.5. The molecule has 2 aromatic rings. The molecule has 4 N–H and O–H groups in total. The van der Waals surface area contributed by atoms with Crippen LogP contribution >= 0.6 is 11.8 Å². The fraction of sp³-hybridized carbons (Fsp3) is 0.385. The number of rotatable bonds is 5. The second-order valence-electron chi connectivity index (χ2n) is 4.36. The van der Waals surface area contributed by atoms with Gasteiger partial charge < -0.3 is 11.5 Å². The minimum Gasteiger partial charge on any atom is -0.383 e. The van der Waals surface area contributed by atoms with Gasteiger partial charge in [0.1, 0.15) is 11.6 Å². The Labute approximate surface area is 111 Å². The lowest BCUT2D eigenvalue weighted by atomic mass is 10.2. The predicted molar refractivity (Wildman–Crippen MR) is 78.4 cm³/mol. The third-order valence-corrected chi connectivity index (χ3v) is 3.61. The maximum Gasteiger partial charge on any atom is 0.141 e. The fourth-order valence-electron chi connectivity index (χ4n) is 1.65. The standard InChI is InChI=1S/C13H18N4S/c1-9(14)6-7-18-8-12-16-11-5-3-2-4-10(11)13(15)17-12/h2-5,9H,6-8,14H2,1H3,(H2,15,16,17). The number of nitrogens with two attached hydrogens (primary N) is 2. The second kappa shape index (κ2) is 6.02. The average Bonchev–Trinajstić information content (AvgIpc) is 2.35. The normalized spacial score (nSPS) is 12.8. The fourth-order valence-corrected chi connectivity index (χ4v) is 2.64. The summed E-state index contributed by atoms with van der Waals surface area (Å²) in [7, 11) is 0. The van der Waals surface area contributed by atoms with Gasteiger partial charge in [-0.15, -0.1) is 0 Å². The third-order valence-electron chi connectivity index (χ3n) is 2.63. The Morgan fingerprint density at radius 3 is 2.83 bits per heavy atom. The van der Waals surface area contributed by atoms with Crippen molar-refractivity contribution in [3.8, 4) is 0 Å². The summed E-state index contributed by atoms with van der Waals surface area (Å²) < 4.78 is 0. The van der Waals surface area contributed by atoms with Crippen LogP contribution in [0, 0.1) is 0 Å². The molecule has 18 heavy (non-hydrogen) atoms. The molecule has 5 heteroatoms. The monoisotopic (exact) mass is 262 g/mol. The highest BCUT2D eigenvalue weighted by atomic mass is 32.2. The van der Waals surface area contributed by atoms with Crippen molar-refractivity contribution in [1.82, 2.24) is 9.97 Å². The lowest BCUT2D eigenvalue weighted by Gasteiger charge is -2.06. The summed E-state index contributed by atoms with van der Waals surface area (Å²) >= 11 is 1.79. The van der Waals surface area contributed by atoms with E-state index in [1.54, 1.807) is 11.8 Å². The van der Waals surface area contributed by atoms with Crippen molar-refractivity contribution in [3.05, 3.63) is 30.1 Å². The Kier molecular flexibility index (Phi) is 4.38. The average molecular weight is 262 g/mol. The van der Waals surface area contributed by atoms with Crippen molar-refractivity contribution < 1.29 is 0 Å². The molecule has 1 heterocycles. The van der Waals surface area contributed by atoms with Crippen LogP contribution in [0.1, 0.15) is 19.2 Å². The zero-order valence-corrected chi connectivity index (χ0v) is 11.3. The van der Waals surface area contributed by atoms with E-state index in [0.29, 0.717) is 5.82 Å². The molecule has 0 radical (unpaired) electrons. The molecule has 0 amide bonds. The SMILES string of the molecule is CC(N)CCSCc1nc(N)c2ccccc2n1. The molecule has 0 spiro atoms. The van der Waals surface area contributed by atoms with Gasteiger partial charge in [-0.05, 0) is 31.2 Å². The van der Waals surface area contributed by atoms with Crippen LogP contribution in [0.5, 0.6) is 0 Å². The quantitative estimate of drug-likeness (QED) is 0.808. The van der Waals surface area contributed by atoms with Gasteiger partial charge in [0.15, 0.2) is 0 Å². The maximum absolute atomic E-state index is 5.93. The third kappa shape index (κ3) is 3.34. The Morgan fingerprint density at radius 2 is 2.06 bits per heavy atom. The maximum atomic E-state index is 5.93. The summed E-state index contributed by atoms with van der Waals surface area (Å²) in [6.07, 6.45) is 1.01. The number of nitrogens with zero attached hydrogens (tertiary/aromatic N) is 2. The summed E-state index contributed by atoms with van der Waals surface area (Å²) in [5.74, 6) is 3.15. The number of para-hydroxylation sites is 1. The number of thioether (sulfide) groups is 1. The van der Waals surface area contributed by atoms with Crippen LogP contribution < -0.4 is 11.5 Å². The Bertz CT molecular complexity index is 527. The van der Waals surface area contributed by atoms with Crippen molar-refractivity contribution in [2.45, 2.75) is 25.1 Å². The van der Waals surface area contributed by atoms with Crippen molar-refractivity contribution in [2.75, 3.05) is 11.5 Å². The van der Waals surface area contributed by atoms with Crippen LogP contribution in [0.15, 0.2) is 24.3 Å². The van der Waals surface area contributed by atoms with Gasteiger partial charge in [-0.3, -0.25) is 0 Å². The topological polar surface area (TPSA) is 77.8 Å². The van der Waals surface area contributed by atoms with Crippen LogP contribution in [0.2, 0.25) is 0 Å². The smallest absolute Gasteiger partial charge is 0.141 e. The van der Waals surface area contributed by atoms with Gasteiger partial charge in [0, 0.05) is 11.4 Å². The summed E-state index contributed by atoms with van der Waals surface area (Å²) in [4.78, 5) is 8.84. The number of aromatic nitrogens is 2. The van der Waals surface area contributed by atoms with Crippen LogP contribution in [0.4, 0.5) is 5.82 Å². The van der Waals surface area contributed by atoms with E-state index in [9.17, 15) is 0 Å². The predicted octanol–water partition coefficient (Wildman–Crippen LogP) is 2.18. The molecule has 0 aliphatic carbocycles. The molecule has 0 saturated heterocycles. The van der Waals surface area contributed by atoms with Gasteiger partial charge in [0.25, 0.3) is 0 Å². The summed E-state index contributed by atoms with van der Waals surface area (Å²) in [6, 6.07) is 8.06. The molecule has 0 aliphatic rings. The first-order valence-electron chi connectivity index (χ1n) is 6.01. The molecule has 4 nitrogen and oxygen atoms in total. The molecular formula is C13H18N4S. The first kappa shape index (κ1) is 13.1. The van der Waals surface area contributed by atoms with E-state index in [2.05, 4.69) is 9.97 Å². The number of hydrogen-bond donors (Lipinski definition) is 2. The highest BCUT2D eigenvalue weighted by Crippen LogP contribution is 2.19. The van der Waals surface area contributed by atoms with Crippen molar-refractivity contribution in [3.63, 3.8) is 0 Å². The van der Waals surface area contributed by atoms with Gasteiger partial charge >= 0.3 is 0 Å². The number of nitrogen functional groups attached to an aromatic ring is 1. The molecule has 0 bridgehead atoms. The first-order valence-corrected chi connectivity index (χ1v) is 7.16. The van der Waals surface area contributed by atoms with E-state index >= 15 is 0 Å². The van der Waals surface area contributed by atoms with E-state index < -0.39 is 0 Å². The minimum atomic E-state index is 0.250. The number of anilines is 1. The Morgan fingerprint density at radius 1 is 1.28 bits per heavy atom.